The molecule has 3 heteroatoms. The normalized spacial score (nSPS) is 12.5. The molecule has 25 heavy (non-hydrogen) atoms. The smallest absolute Gasteiger partial charge is 0.330 e. The van der Waals surface area contributed by atoms with Crippen LogP contribution >= 0.6 is 0 Å². The lowest BCUT2D eigenvalue weighted by Crippen LogP contribution is -2.12. The molecule has 0 fully saturated rings. The topological polar surface area (TPSA) is 35.5 Å². The van der Waals surface area contributed by atoms with Crippen LogP contribution in [0.3, 0.4) is 0 Å². The Labute approximate surface area is 153 Å². The van der Waals surface area contributed by atoms with Crippen molar-refractivity contribution in [1.29, 1.82) is 0 Å². The average molecular weight is 347 g/mol. The maximum atomic E-state index is 11.8. The zero-order valence-electron chi connectivity index (χ0n) is 16.3. The maximum Gasteiger partial charge on any atom is 0.330 e. The van der Waals surface area contributed by atoms with Crippen molar-refractivity contribution in [1.82, 2.24) is 0 Å². The van der Waals surface area contributed by atoms with Crippen molar-refractivity contribution in [2.75, 3.05) is 13.2 Å². The molecule has 0 aliphatic carbocycles. The van der Waals surface area contributed by atoms with Gasteiger partial charge in [0.15, 0.2) is 0 Å². The molecule has 0 amide bonds. The first kappa shape index (κ1) is 21.3. The molecule has 0 saturated heterocycles. The molecule has 3 nitrogen and oxygen atoms in total. The van der Waals surface area contributed by atoms with Gasteiger partial charge in [-0.25, -0.2) is 4.79 Å². The van der Waals surface area contributed by atoms with Crippen LogP contribution in [0.25, 0.3) is 6.08 Å². The zero-order valence-corrected chi connectivity index (χ0v) is 16.3. The molecule has 0 saturated carbocycles. The summed E-state index contributed by atoms with van der Waals surface area (Å²) in [5.74, 6) is 1.70. The van der Waals surface area contributed by atoms with Crippen molar-refractivity contribution in [3.8, 4) is 5.75 Å². The van der Waals surface area contributed by atoms with E-state index >= 15 is 0 Å². The highest BCUT2D eigenvalue weighted by Crippen LogP contribution is 2.15. The zero-order chi connectivity index (χ0) is 18.5. The van der Waals surface area contributed by atoms with Crippen LogP contribution in [0.5, 0.6) is 5.75 Å². The Morgan fingerprint density at radius 2 is 1.84 bits per heavy atom. The highest BCUT2D eigenvalue weighted by atomic mass is 16.5. The predicted octanol–water partition coefficient (Wildman–Crippen LogP) is 5.88. The second-order valence-electron chi connectivity index (χ2n) is 6.98. The number of esters is 1. The molecule has 1 unspecified atom stereocenters. The van der Waals surface area contributed by atoms with E-state index in [-0.39, 0.29) is 5.97 Å². The summed E-state index contributed by atoms with van der Waals surface area (Å²) >= 11 is 0. The first-order valence-electron chi connectivity index (χ1n) is 9.62. The van der Waals surface area contributed by atoms with E-state index in [0.29, 0.717) is 18.4 Å². The fourth-order valence-corrected chi connectivity index (χ4v) is 2.40. The van der Waals surface area contributed by atoms with Crippen molar-refractivity contribution in [3.63, 3.8) is 0 Å². The minimum Gasteiger partial charge on any atom is -0.494 e. The van der Waals surface area contributed by atoms with Crippen LogP contribution in [0.4, 0.5) is 0 Å². The highest BCUT2D eigenvalue weighted by Gasteiger charge is 2.08. The van der Waals surface area contributed by atoms with Crippen LogP contribution < -0.4 is 4.74 Å². The summed E-state index contributed by atoms with van der Waals surface area (Å²) in [4.78, 5) is 11.8. The third kappa shape index (κ3) is 9.96. The Kier molecular flexibility index (Phi) is 10.7. The second-order valence-corrected chi connectivity index (χ2v) is 6.98. The number of ether oxygens (including phenoxy) is 2. The molecule has 0 aromatic heterocycles. The van der Waals surface area contributed by atoms with Crippen LogP contribution in [0.2, 0.25) is 0 Å². The SMILES string of the molecule is CCCCC(CC)COC(=O)/C=C/c1ccc(OCCC(C)C)cc1. The van der Waals surface area contributed by atoms with Crippen LogP contribution in [-0.2, 0) is 9.53 Å². The molecule has 1 rings (SSSR count). The molecule has 0 bridgehead atoms. The summed E-state index contributed by atoms with van der Waals surface area (Å²) in [6.07, 6.45) is 8.88. The number of hydrogen-bond donors (Lipinski definition) is 0. The molecule has 1 aromatic carbocycles. The predicted molar refractivity (Wildman–Crippen MR) is 105 cm³/mol. The molecule has 0 N–H and O–H groups in total. The van der Waals surface area contributed by atoms with E-state index in [1.165, 1.54) is 18.9 Å². The molecule has 0 heterocycles. The monoisotopic (exact) mass is 346 g/mol. The minimum atomic E-state index is -0.271. The molecule has 0 aliphatic heterocycles. The van der Waals surface area contributed by atoms with Crippen molar-refractivity contribution in [2.45, 2.75) is 59.8 Å². The number of carbonyl (C=O) groups is 1. The van der Waals surface area contributed by atoms with E-state index in [9.17, 15) is 4.79 Å². The number of unbranched alkanes of at least 4 members (excludes halogenated alkanes) is 1. The Bertz CT molecular complexity index is 503. The summed E-state index contributed by atoms with van der Waals surface area (Å²) in [5.41, 5.74) is 0.964. The molecule has 1 aromatic rings. The maximum absolute atomic E-state index is 11.8. The van der Waals surface area contributed by atoms with E-state index in [2.05, 4.69) is 27.7 Å². The van der Waals surface area contributed by atoms with Gasteiger partial charge in [0.2, 0.25) is 0 Å². The van der Waals surface area contributed by atoms with Gasteiger partial charge in [-0.3, -0.25) is 0 Å². The Hall–Kier alpha value is -1.77. The van der Waals surface area contributed by atoms with Gasteiger partial charge in [0, 0.05) is 6.08 Å². The fourth-order valence-electron chi connectivity index (χ4n) is 2.40. The van der Waals surface area contributed by atoms with Gasteiger partial charge < -0.3 is 9.47 Å². The second kappa shape index (κ2) is 12.6. The molecular weight excluding hydrogens is 312 g/mol. The van der Waals surface area contributed by atoms with E-state index < -0.39 is 0 Å². The van der Waals surface area contributed by atoms with Crippen LogP contribution in [0, 0.1) is 11.8 Å². The fraction of sp³-hybridized carbons (Fsp3) is 0.591. The number of hydrogen-bond acceptors (Lipinski definition) is 3. The third-order valence-electron chi connectivity index (χ3n) is 4.26. The van der Waals surface area contributed by atoms with Gasteiger partial charge in [0.25, 0.3) is 0 Å². The van der Waals surface area contributed by atoms with Crippen LogP contribution in [0.15, 0.2) is 30.3 Å². The Morgan fingerprint density at radius 1 is 1.12 bits per heavy atom. The van der Waals surface area contributed by atoms with Crippen molar-refractivity contribution in [3.05, 3.63) is 35.9 Å². The van der Waals surface area contributed by atoms with Gasteiger partial charge in [-0.1, -0.05) is 59.1 Å². The van der Waals surface area contributed by atoms with E-state index in [4.69, 9.17) is 9.47 Å². The van der Waals surface area contributed by atoms with Gasteiger partial charge in [-0.05, 0) is 48.4 Å². The molecule has 1 atom stereocenters. The standard InChI is InChI=1S/C22H34O3/c1-5-7-8-19(6-2)17-25-22(23)14-11-20-9-12-21(13-10-20)24-16-15-18(3)4/h9-14,18-19H,5-8,15-17H2,1-4H3/b14-11+. The highest BCUT2D eigenvalue weighted by molar-refractivity contribution is 5.87. The third-order valence-corrected chi connectivity index (χ3v) is 4.26. The molecule has 0 aliphatic rings. The summed E-state index contributed by atoms with van der Waals surface area (Å²) in [6.45, 7) is 9.95. The average Bonchev–Trinajstić information content (AvgIpc) is 2.61. The Balaban J connectivity index is 2.37. The minimum absolute atomic E-state index is 0.271. The van der Waals surface area contributed by atoms with Gasteiger partial charge in [0.05, 0.1) is 13.2 Å². The van der Waals surface area contributed by atoms with E-state index in [1.807, 2.05) is 24.3 Å². The van der Waals surface area contributed by atoms with Crippen molar-refractivity contribution < 1.29 is 14.3 Å². The molecule has 140 valence electrons. The van der Waals surface area contributed by atoms with Gasteiger partial charge in [-0.15, -0.1) is 0 Å². The number of carbonyl (C=O) groups excluding carboxylic acids is 1. The van der Waals surface area contributed by atoms with E-state index in [1.54, 1.807) is 6.08 Å². The first-order chi connectivity index (χ1) is 12.0. The molecular formula is C22H34O3. The summed E-state index contributed by atoms with van der Waals surface area (Å²) < 4.78 is 11.1. The quantitative estimate of drug-likeness (QED) is 0.350. The number of benzene rings is 1. The van der Waals surface area contributed by atoms with Crippen LogP contribution in [-0.4, -0.2) is 19.2 Å². The Morgan fingerprint density at radius 3 is 2.44 bits per heavy atom. The van der Waals surface area contributed by atoms with E-state index in [0.717, 1.165) is 37.2 Å². The first-order valence-corrected chi connectivity index (χ1v) is 9.62. The largest absolute Gasteiger partial charge is 0.494 e. The van der Waals surface area contributed by atoms with Gasteiger partial charge in [-0.2, -0.15) is 0 Å². The lowest BCUT2D eigenvalue weighted by molar-refractivity contribution is -0.139. The number of rotatable bonds is 12. The van der Waals surface area contributed by atoms with Crippen LogP contribution in [0.1, 0.15) is 65.4 Å². The van der Waals surface area contributed by atoms with Crippen molar-refractivity contribution in [2.24, 2.45) is 11.8 Å². The lowest BCUT2D eigenvalue weighted by Gasteiger charge is -2.13. The summed E-state index contributed by atoms with van der Waals surface area (Å²) in [5, 5.41) is 0. The summed E-state index contributed by atoms with van der Waals surface area (Å²) in [7, 11) is 0. The van der Waals surface area contributed by atoms with Gasteiger partial charge in [0.1, 0.15) is 5.75 Å². The lowest BCUT2D eigenvalue weighted by atomic mass is 10.0. The summed E-state index contributed by atoms with van der Waals surface area (Å²) in [6, 6.07) is 7.77. The van der Waals surface area contributed by atoms with Crippen molar-refractivity contribution >= 4 is 12.0 Å². The molecule has 0 radical (unpaired) electrons. The molecule has 0 spiro atoms. The van der Waals surface area contributed by atoms with Gasteiger partial charge >= 0.3 is 5.97 Å².